The van der Waals surface area contributed by atoms with Crippen LogP contribution in [0.25, 0.3) is 0 Å². The van der Waals surface area contributed by atoms with Gasteiger partial charge in [-0.05, 0) is 25.8 Å². The Labute approximate surface area is 112 Å². The van der Waals surface area contributed by atoms with Crippen molar-refractivity contribution in [1.82, 2.24) is 20.0 Å². The third-order valence-corrected chi connectivity index (χ3v) is 3.37. The highest BCUT2D eigenvalue weighted by Crippen LogP contribution is 2.17. The van der Waals surface area contributed by atoms with Gasteiger partial charge in [-0.1, -0.05) is 0 Å². The molecule has 0 aromatic carbocycles. The lowest BCUT2D eigenvalue weighted by atomic mass is 10.2. The molecule has 1 aromatic rings. The predicted octanol–water partition coefficient (Wildman–Crippen LogP) is 0.399. The van der Waals surface area contributed by atoms with Crippen molar-refractivity contribution >= 4 is 11.8 Å². The molecule has 2 heterocycles. The second kappa shape index (κ2) is 5.86. The molecule has 104 valence electrons. The normalized spacial score (nSPS) is 20.3. The number of rotatable bonds is 4. The van der Waals surface area contributed by atoms with Crippen molar-refractivity contribution in [2.45, 2.75) is 45.3 Å². The average Bonchev–Trinajstić information content (AvgIpc) is 2.97. The molecule has 0 aliphatic carbocycles. The van der Waals surface area contributed by atoms with E-state index < -0.39 is 0 Å². The first-order valence-corrected chi connectivity index (χ1v) is 6.63. The van der Waals surface area contributed by atoms with E-state index in [1.54, 1.807) is 15.8 Å². The molecular formula is C13H20N4O2. The number of hydrogen-bond donors (Lipinski definition) is 1. The molecule has 1 saturated heterocycles. The zero-order valence-electron chi connectivity index (χ0n) is 11.4. The number of nitrogens with zero attached hydrogens (tertiary/aromatic N) is 3. The number of amides is 2. The van der Waals surface area contributed by atoms with Gasteiger partial charge in [-0.2, -0.15) is 5.10 Å². The molecular weight excluding hydrogens is 244 g/mol. The first-order chi connectivity index (χ1) is 9.08. The molecule has 6 nitrogen and oxygen atoms in total. The van der Waals surface area contributed by atoms with Crippen molar-refractivity contribution in [2.24, 2.45) is 0 Å². The van der Waals surface area contributed by atoms with Crippen LogP contribution >= 0.6 is 0 Å². The molecule has 1 aliphatic heterocycles. The van der Waals surface area contributed by atoms with E-state index in [9.17, 15) is 9.59 Å². The van der Waals surface area contributed by atoms with Crippen molar-refractivity contribution in [3.8, 4) is 0 Å². The Morgan fingerprint density at radius 3 is 2.95 bits per heavy atom. The molecule has 0 saturated carbocycles. The SMILES string of the molecule is CC(=O)N1CCC[C@@H]1C(=O)NC(C)Cn1cccn1. The minimum Gasteiger partial charge on any atom is -0.350 e. The van der Waals surface area contributed by atoms with Crippen LogP contribution in [-0.2, 0) is 16.1 Å². The largest absolute Gasteiger partial charge is 0.350 e. The van der Waals surface area contributed by atoms with Crippen LogP contribution in [0.1, 0.15) is 26.7 Å². The maximum absolute atomic E-state index is 12.2. The Hall–Kier alpha value is -1.85. The number of likely N-dealkylation sites (tertiary alicyclic amines) is 1. The molecule has 0 radical (unpaired) electrons. The maximum Gasteiger partial charge on any atom is 0.243 e. The summed E-state index contributed by atoms with van der Waals surface area (Å²) in [6, 6.07) is 1.53. The first-order valence-electron chi connectivity index (χ1n) is 6.63. The van der Waals surface area contributed by atoms with Gasteiger partial charge < -0.3 is 10.2 Å². The van der Waals surface area contributed by atoms with Crippen molar-refractivity contribution in [2.75, 3.05) is 6.54 Å². The lowest BCUT2D eigenvalue weighted by molar-refractivity contribution is -0.137. The van der Waals surface area contributed by atoms with E-state index >= 15 is 0 Å². The zero-order chi connectivity index (χ0) is 13.8. The fourth-order valence-corrected chi connectivity index (χ4v) is 2.49. The van der Waals surface area contributed by atoms with Crippen molar-refractivity contribution in [3.63, 3.8) is 0 Å². The lowest BCUT2D eigenvalue weighted by Gasteiger charge is -2.24. The van der Waals surface area contributed by atoms with E-state index in [2.05, 4.69) is 10.4 Å². The van der Waals surface area contributed by atoms with E-state index in [1.165, 1.54) is 6.92 Å². The van der Waals surface area contributed by atoms with Gasteiger partial charge in [0.15, 0.2) is 0 Å². The Morgan fingerprint density at radius 1 is 1.53 bits per heavy atom. The molecule has 0 spiro atoms. The fourth-order valence-electron chi connectivity index (χ4n) is 2.49. The van der Waals surface area contributed by atoms with Crippen LogP contribution in [0.15, 0.2) is 18.5 Å². The predicted molar refractivity (Wildman–Crippen MR) is 70.2 cm³/mol. The van der Waals surface area contributed by atoms with E-state index in [0.29, 0.717) is 13.1 Å². The van der Waals surface area contributed by atoms with Crippen LogP contribution in [0.2, 0.25) is 0 Å². The Kier molecular flexibility index (Phi) is 4.19. The summed E-state index contributed by atoms with van der Waals surface area (Å²) < 4.78 is 1.78. The van der Waals surface area contributed by atoms with Gasteiger partial charge in [0.25, 0.3) is 0 Å². The number of carbonyl (C=O) groups is 2. The zero-order valence-corrected chi connectivity index (χ0v) is 11.4. The molecule has 19 heavy (non-hydrogen) atoms. The summed E-state index contributed by atoms with van der Waals surface area (Å²) in [5.74, 6) is -0.0928. The summed E-state index contributed by atoms with van der Waals surface area (Å²) in [6.45, 7) is 4.76. The van der Waals surface area contributed by atoms with Gasteiger partial charge in [0.2, 0.25) is 11.8 Å². The van der Waals surface area contributed by atoms with Gasteiger partial charge in [0.1, 0.15) is 6.04 Å². The first kappa shape index (κ1) is 13.6. The Balaban J connectivity index is 1.88. The molecule has 1 aromatic heterocycles. The summed E-state index contributed by atoms with van der Waals surface area (Å²) >= 11 is 0. The Morgan fingerprint density at radius 2 is 2.32 bits per heavy atom. The smallest absolute Gasteiger partial charge is 0.243 e. The highest BCUT2D eigenvalue weighted by Gasteiger charge is 2.32. The molecule has 2 atom stereocenters. The van der Waals surface area contributed by atoms with Gasteiger partial charge in [0.05, 0.1) is 6.54 Å². The molecule has 0 bridgehead atoms. The minimum absolute atomic E-state index is 0.0122. The van der Waals surface area contributed by atoms with Crippen molar-refractivity contribution < 1.29 is 9.59 Å². The summed E-state index contributed by atoms with van der Waals surface area (Å²) in [6.07, 6.45) is 5.22. The monoisotopic (exact) mass is 264 g/mol. The average molecular weight is 264 g/mol. The summed E-state index contributed by atoms with van der Waals surface area (Å²) in [5, 5.41) is 7.06. The molecule has 1 fully saturated rings. The molecule has 2 amide bonds. The van der Waals surface area contributed by atoms with Crippen LogP contribution < -0.4 is 5.32 Å². The van der Waals surface area contributed by atoms with E-state index in [4.69, 9.17) is 0 Å². The second-order valence-corrected chi connectivity index (χ2v) is 5.01. The quantitative estimate of drug-likeness (QED) is 0.856. The van der Waals surface area contributed by atoms with Gasteiger partial charge in [-0.3, -0.25) is 14.3 Å². The van der Waals surface area contributed by atoms with Crippen LogP contribution in [0.4, 0.5) is 0 Å². The van der Waals surface area contributed by atoms with E-state index in [1.807, 2.05) is 19.2 Å². The van der Waals surface area contributed by atoms with Crippen LogP contribution in [-0.4, -0.2) is 45.1 Å². The standard InChI is InChI=1S/C13H20N4O2/c1-10(9-16-7-4-6-14-16)15-13(19)12-5-3-8-17(12)11(2)18/h4,6-7,10,12H,3,5,8-9H2,1-2H3,(H,15,19)/t10?,12-/m1/s1. The topological polar surface area (TPSA) is 67.2 Å². The summed E-state index contributed by atoms with van der Waals surface area (Å²) in [7, 11) is 0. The van der Waals surface area contributed by atoms with Crippen molar-refractivity contribution in [3.05, 3.63) is 18.5 Å². The van der Waals surface area contributed by atoms with Gasteiger partial charge in [0, 0.05) is 31.9 Å². The Bertz CT molecular complexity index is 444. The fraction of sp³-hybridized carbons (Fsp3) is 0.615. The molecule has 2 rings (SSSR count). The van der Waals surface area contributed by atoms with Gasteiger partial charge >= 0.3 is 0 Å². The minimum atomic E-state index is -0.308. The lowest BCUT2D eigenvalue weighted by Crippen LogP contribution is -2.48. The number of carbonyl (C=O) groups excluding carboxylic acids is 2. The molecule has 1 unspecified atom stereocenters. The second-order valence-electron chi connectivity index (χ2n) is 5.01. The van der Waals surface area contributed by atoms with E-state index in [-0.39, 0.29) is 23.9 Å². The van der Waals surface area contributed by atoms with Crippen LogP contribution in [0.5, 0.6) is 0 Å². The van der Waals surface area contributed by atoms with E-state index in [0.717, 1.165) is 12.8 Å². The van der Waals surface area contributed by atoms with Crippen LogP contribution in [0, 0.1) is 0 Å². The van der Waals surface area contributed by atoms with Gasteiger partial charge in [-0.25, -0.2) is 0 Å². The molecule has 6 heteroatoms. The van der Waals surface area contributed by atoms with Crippen molar-refractivity contribution in [1.29, 1.82) is 0 Å². The van der Waals surface area contributed by atoms with Crippen LogP contribution in [0.3, 0.4) is 0 Å². The highest BCUT2D eigenvalue weighted by atomic mass is 16.2. The maximum atomic E-state index is 12.2. The molecule has 1 aliphatic rings. The highest BCUT2D eigenvalue weighted by molar-refractivity contribution is 5.87. The number of aromatic nitrogens is 2. The summed E-state index contributed by atoms with van der Waals surface area (Å²) in [4.78, 5) is 25.2. The third kappa shape index (κ3) is 3.33. The van der Waals surface area contributed by atoms with Gasteiger partial charge in [-0.15, -0.1) is 0 Å². The number of hydrogen-bond acceptors (Lipinski definition) is 3. The molecule has 1 N–H and O–H groups in total. The third-order valence-electron chi connectivity index (χ3n) is 3.37. The number of nitrogens with one attached hydrogen (secondary N) is 1. The summed E-state index contributed by atoms with van der Waals surface area (Å²) in [5.41, 5.74) is 0.